The van der Waals surface area contributed by atoms with Crippen molar-refractivity contribution in [2.24, 2.45) is 0 Å². The molecule has 4 rings (SSSR count). The molecule has 1 saturated carbocycles. The van der Waals surface area contributed by atoms with E-state index < -0.39 is 17.4 Å². The number of aromatic nitrogens is 3. The molecule has 2 heterocycles. The number of anilines is 1. The number of carbonyl (C=O) groups is 1. The van der Waals surface area contributed by atoms with Gasteiger partial charge in [-0.15, -0.1) is 10.2 Å². The molecule has 1 aromatic carbocycles. The molecule has 0 unspecified atom stereocenters. The highest BCUT2D eigenvalue weighted by atomic mass is 19.1. The Balaban J connectivity index is 1.45. The first-order valence-corrected chi connectivity index (χ1v) is 10.1. The molecule has 2 aromatic heterocycles. The summed E-state index contributed by atoms with van der Waals surface area (Å²) in [5, 5.41) is 14.4. The summed E-state index contributed by atoms with van der Waals surface area (Å²) in [7, 11) is 0. The average molecular weight is 423 g/mol. The third-order valence-electron chi connectivity index (χ3n) is 5.52. The third kappa shape index (κ3) is 4.68. The highest BCUT2D eigenvalue weighted by Gasteiger charge is 2.48. The molecule has 0 aliphatic heterocycles. The first-order chi connectivity index (χ1) is 14.9. The first-order valence-electron chi connectivity index (χ1n) is 10.1. The molecule has 6 nitrogen and oxygen atoms in total. The summed E-state index contributed by atoms with van der Waals surface area (Å²) in [6, 6.07) is 14.2. The fourth-order valence-electron chi connectivity index (χ4n) is 3.89. The second-order valence-corrected chi connectivity index (χ2v) is 7.89. The fraction of sp³-hybridized carbons (Fsp3) is 0.304. The molecule has 8 heteroatoms. The van der Waals surface area contributed by atoms with Crippen molar-refractivity contribution in [2.45, 2.75) is 37.9 Å². The van der Waals surface area contributed by atoms with Gasteiger partial charge < -0.3 is 10.6 Å². The molecule has 0 atom stereocenters. The normalized spacial score (nSPS) is 20.0. The van der Waals surface area contributed by atoms with Gasteiger partial charge in [0.05, 0.1) is 11.4 Å². The number of benzene rings is 1. The summed E-state index contributed by atoms with van der Waals surface area (Å²) < 4.78 is 28.0. The fourth-order valence-corrected chi connectivity index (χ4v) is 3.89. The van der Waals surface area contributed by atoms with Crippen LogP contribution in [0.5, 0.6) is 0 Å². The van der Waals surface area contributed by atoms with Gasteiger partial charge >= 0.3 is 0 Å². The zero-order valence-electron chi connectivity index (χ0n) is 17.1. The van der Waals surface area contributed by atoms with Gasteiger partial charge in [-0.1, -0.05) is 18.2 Å². The van der Waals surface area contributed by atoms with Crippen LogP contribution in [0.4, 0.5) is 14.6 Å². The summed E-state index contributed by atoms with van der Waals surface area (Å²) in [5.74, 6) is 0.0162. The van der Waals surface area contributed by atoms with Gasteiger partial charge in [-0.2, -0.15) is 0 Å². The van der Waals surface area contributed by atoms with Crippen LogP contribution in [0.1, 0.15) is 31.0 Å². The smallest absolute Gasteiger partial charge is 0.217 e. The van der Waals surface area contributed by atoms with Gasteiger partial charge in [-0.25, -0.2) is 8.78 Å². The van der Waals surface area contributed by atoms with E-state index in [9.17, 15) is 13.6 Å². The second kappa shape index (κ2) is 8.75. The SMILES string of the molecule is CC(=O)NCc1cccc(-c2ccc(NC[C@]3(c4ncccc4F)C[C@H](F)C3)nn2)c1. The number of alkyl halides is 1. The summed E-state index contributed by atoms with van der Waals surface area (Å²) in [6.45, 7) is 2.24. The molecule has 1 amide bonds. The first kappa shape index (κ1) is 20.8. The number of carbonyl (C=O) groups excluding carboxylic acids is 1. The second-order valence-electron chi connectivity index (χ2n) is 7.89. The molecule has 1 aliphatic rings. The van der Waals surface area contributed by atoms with Crippen LogP contribution in [0.3, 0.4) is 0 Å². The molecule has 31 heavy (non-hydrogen) atoms. The van der Waals surface area contributed by atoms with Gasteiger partial charge in [0.2, 0.25) is 5.91 Å². The lowest BCUT2D eigenvalue weighted by molar-refractivity contribution is -0.119. The number of halogens is 2. The monoisotopic (exact) mass is 423 g/mol. The number of hydrogen-bond donors (Lipinski definition) is 2. The predicted molar refractivity (Wildman–Crippen MR) is 113 cm³/mol. The van der Waals surface area contributed by atoms with E-state index in [1.807, 2.05) is 30.3 Å². The molecule has 1 fully saturated rings. The van der Waals surface area contributed by atoms with Crippen molar-refractivity contribution >= 4 is 11.7 Å². The minimum absolute atomic E-state index is 0.0884. The Morgan fingerprint density at radius 1 is 1.16 bits per heavy atom. The summed E-state index contributed by atoms with van der Waals surface area (Å²) in [4.78, 5) is 15.3. The van der Waals surface area contributed by atoms with Crippen LogP contribution in [0, 0.1) is 5.82 Å². The molecule has 1 aliphatic carbocycles. The Labute approximate surface area is 179 Å². The molecule has 0 saturated heterocycles. The third-order valence-corrected chi connectivity index (χ3v) is 5.52. The van der Waals surface area contributed by atoms with E-state index in [1.165, 1.54) is 25.3 Å². The Hall–Kier alpha value is -3.42. The molecular weight excluding hydrogens is 400 g/mol. The van der Waals surface area contributed by atoms with Crippen molar-refractivity contribution in [3.05, 3.63) is 71.8 Å². The zero-order chi connectivity index (χ0) is 21.8. The summed E-state index contributed by atoms with van der Waals surface area (Å²) >= 11 is 0. The van der Waals surface area contributed by atoms with Gasteiger partial charge in [-0.3, -0.25) is 9.78 Å². The Bertz CT molecular complexity index is 1070. The van der Waals surface area contributed by atoms with Crippen LogP contribution in [-0.4, -0.2) is 33.8 Å². The highest BCUT2D eigenvalue weighted by Crippen LogP contribution is 2.45. The quantitative estimate of drug-likeness (QED) is 0.604. The van der Waals surface area contributed by atoms with Gasteiger partial charge in [0, 0.05) is 37.2 Å². The summed E-state index contributed by atoms with van der Waals surface area (Å²) in [5.41, 5.74) is 2.13. The van der Waals surface area contributed by atoms with E-state index in [0.29, 0.717) is 24.6 Å². The zero-order valence-corrected chi connectivity index (χ0v) is 17.1. The van der Waals surface area contributed by atoms with Gasteiger partial charge in [-0.05, 0) is 48.7 Å². The van der Waals surface area contributed by atoms with Gasteiger partial charge in [0.1, 0.15) is 17.8 Å². The van der Waals surface area contributed by atoms with Crippen molar-refractivity contribution in [1.82, 2.24) is 20.5 Å². The number of nitrogens with zero attached hydrogens (tertiary/aromatic N) is 3. The van der Waals surface area contributed by atoms with E-state index in [4.69, 9.17) is 0 Å². The lowest BCUT2D eigenvalue weighted by atomic mass is 9.65. The number of amides is 1. The minimum Gasteiger partial charge on any atom is -0.368 e. The molecule has 160 valence electrons. The maximum Gasteiger partial charge on any atom is 0.217 e. The molecule has 2 N–H and O–H groups in total. The molecule has 0 spiro atoms. The molecule has 3 aromatic rings. The van der Waals surface area contributed by atoms with Crippen molar-refractivity contribution < 1.29 is 13.6 Å². The maximum absolute atomic E-state index is 14.3. The Morgan fingerprint density at radius 2 is 2.00 bits per heavy atom. The van der Waals surface area contributed by atoms with Crippen LogP contribution in [0.15, 0.2) is 54.7 Å². The minimum atomic E-state index is -0.957. The number of nitrogens with one attached hydrogen (secondary N) is 2. The van der Waals surface area contributed by atoms with Crippen LogP contribution >= 0.6 is 0 Å². The van der Waals surface area contributed by atoms with Crippen molar-refractivity contribution in [1.29, 1.82) is 0 Å². The maximum atomic E-state index is 14.3. The van der Waals surface area contributed by atoms with Crippen molar-refractivity contribution in [3.8, 4) is 11.3 Å². The standard InChI is InChI=1S/C23H23F2N5O/c1-15(31)27-13-16-4-2-5-17(10-16)20-7-8-21(30-29-20)28-14-23(11-18(24)12-23)22-19(25)6-3-9-26-22/h2-10,18H,11-14H2,1H3,(H,27,31)(H,28,30)/t18-,23-. The molecule has 0 bridgehead atoms. The lowest BCUT2D eigenvalue weighted by Gasteiger charge is -2.44. The average Bonchev–Trinajstić information content (AvgIpc) is 2.75. The Kier molecular flexibility index (Phi) is 5.88. The van der Waals surface area contributed by atoms with Crippen LogP contribution in [0.2, 0.25) is 0 Å². The number of rotatable bonds is 7. The highest BCUT2D eigenvalue weighted by molar-refractivity contribution is 5.72. The van der Waals surface area contributed by atoms with Gasteiger partial charge in [0.25, 0.3) is 0 Å². The summed E-state index contributed by atoms with van der Waals surface area (Å²) in [6.07, 6.45) is 1.02. The predicted octanol–water partition coefficient (Wildman–Crippen LogP) is 3.80. The van der Waals surface area contributed by atoms with Crippen LogP contribution in [0.25, 0.3) is 11.3 Å². The lowest BCUT2D eigenvalue weighted by Crippen LogP contribution is -2.49. The van der Waals surface area contributed by atoms with Crippen LogP contribution < -0.4 is 10.6 Å². The van der Waals surface area contributed by atoms with Crippen LogP contribution in [-0.2, 0) is 16.8 Å². The van der Waals surface area contributed by atoms with E-state index in [2.05, 4.69) is 25.8 Å². The largest absolute Gasteiger partial charge is 0.368 e. The van der Waals surface area contributed by atoms with E-state index >= 15 is 0 Å². The van der Waals surface area contributed by atoms with Gasteiger partial charge in [0.15, 0.2) is 0 Å². The van der Waals surface area contributed by atoms with Crippen molar-refractivity contribution in [3.63, 3.8) is 0 Å². The van der Waals surface area contributed by atoms with E-state index in [0.717, 1.165) is 11.1 Å². The molecular formula is C23H23F2N5O. The topological polar surface area (TPSA) is 79.8 Å². The van der Waals surface area contributed by atoms with E-state index in [1.54, 1.807) is 6.07 Å². The van der Waals surface area contributed by atoms with E-state index in [-0.39, 0.29) is 24.4 Å². The Morgan fingerprint density at radius 3 is 2.68 bits per heavy atom. The molecule has 0 radical (unpaired) electrons. The number of pyridine rings is 1. The van der Waals surface area contributed by atoms with Crippen molar-refractivity contribution in [2.75, 3.05) is 11.9 Å². The number of hydrogen-bond acceptors (Lipinski definition) is 5.